The van der Waals surface area contributed by atoms with E-state index in [0.29, 0.717) is 6.42 Å². The van der Waals surface area contributed by atoms with Gasteiger partial charge in [-0.25, -0.2) is 18.2 Å². The van der Waals surface area contributed by atoms with Crippen LogP contribution in [0.15, 0.2) is 40.1 Å². The zero-order valence-corrected chi connectivity index (χ0v) is 14.8. The number of benzene rings is 1. The highest BCUT2D eigenvalue weighted by molar-refractivity contribution is 7.91. The summed E-state index contributed by atoms with van der Waals surface area (Å²) < 4.78 is 31.5. The van der Waals surface area contributed by atoms with Crippen molar-refractivity contribution in [2.24, 2.45) is 5.73 Å². The number of sulfonamides is 1. The van der Waals surface area contributed by atoms with Crippen LogP contribution in [0.4, 0.5) is 0 Å². The van der Waals surface area contributed by atoms with Gasteiger partial charge in [-0.2, -0.15) is 4.31 Å². The van der Waals surface area contributed by atoms with Crippen molar-refractivity contribution in [3.63, 3.8) is 0 Å². The second-order valence-corrected chi connectivity index (χ2v) is 7.90. The maximum atomic E-state index is 12.9. The number of nitrogens with two attached hydrogens (primary N) is 1. The van der Waals surface area contributed by atoms with Crippen LogP contribution >= 0.6 is 11.3 Å². The van der Waals surface area contributed by atoms with E-state index in [1.807, 2.05) is 30.3 Å². The molecule has 2 rings (SSSR count). The van der Waals surface area contributed by atoms with Crippen molar-refractivity contribution in [2.75, 3.05) is 26.7 Å². The first-order chi connectivity index (χ1) is 11.5. The number of esters is 1. The topological polar surface area (TPSA) is 103 Å². The van der Waals surface area contributed by atoms with Gasteiger partial charge in [-0.15, -0.1) is 11.3 Å². The number of methoxy groups -OCH3 is 1. The van der Waals surface area contributed by atoms with Crippen LogP contribution in [0.25, 0.3) is 0 Å². The van der Waals surface area contributed by atoms with Crippen LogP contribution in [0, 0.1) is 0 Å². The fourth-order valence-electron chi connectivity index (χ4n) is 2.16. The molecular formula is C15H19N3O4S2. The molecule has 0 atom stereocenters. The Hall–Kier alpha value is -1.81. The smallest absolute Gasteiger partial charge is 0.358 e. The van der Waals surface area contributed by atoms with Gasteiger partial charge in [0, 0.05) is 19.6 Å². The molecule has 0 unspecified atom stereocenters. The van der Waals surface area contributed by atoms with E-state index in [-0.39, 0.29) is 29.5 Å². The van der Waals surface area contributed by atoms with Crippen LogP contribution in [0.1, 0.15) is 16.1 Å². The second kappa shape index (κ2) is 8.34. The summed E-state index contributed by atoms with van der Waals surface area (Å²) >= 11 is 0.894. The number of ether oxygens (including phenoxy) is 1. The lowest BCUT2D eigenvalue weighted by Crippen LogP contribution is -2.37. The number of hydrogen-bond donors (Lipinski definition) is 1. The van der Waals surface area contributed by atoms with Crippen molar-refractivity contribution in [3.8, 4) is 0 Å². The third-order valence-corrected chi connectivity index (χ3v) is 6.60. The Morgan fingerprint density at radius 1 is 1.29 bits per heavy atom. The Balaban J connectivity index is 2.25. The number of nitrogens with zero attached hydrogens (tertiary/aromatic N) is 2. The molecule has 7 nitrogen and oxygen atoms in total. The first-order valence-corrected chi connectivity index (χ1v) is 9.58. The molecule has 0 aliphatic heterocycles. The lowest BCUT2D eigenvalue weighted by atomic mass is 10.1. The van der Waals surface area contributed by atoms with Crippen LogP contribution in [0.5, 0.6) is 0 Å². The molecule has 1 heterocycles. The van der Waals surface area contributed by atoms with Crippen molar-refractivity contribution in [1.29, 1.82) is 0 Å². The van der Waals surface area contributed by atoms with E-state index in [2.05, 4.69) is 9.72 Å². The summed E-state index contributed by atoms with van der Waals surface area (Å²) in [5, 5.41) is 0. The molecule has 0 spiro atoms. The summed E-state index contributed by atoms with van der Waals surface area (Å²) in [7, 11) is -2.68. The molecule has 0 fully saturated rings. The van der Waals surface area contributed by atoms with Crippen LogP contribution in [0.2, 0.25) is 0 Å². The predicted octanol–water partition coefficient (Wildman–Crippen LogP) is 1.12. The van der Waals surface area contributed by atoms with Crippen LogP contribution in [0.3, 0.4) is 0 Å². The maximum absolute atomic E-state index is 12.9. The number of hydrogen-bond acceptors (Lipinski definition) is 7. The standard InChI is InChI=1S/C15H19N3O4S2/c1-22-14(19)13-15(23-11-17-13)24(20,21)18(10-8-16)9-7-12-5-3-2-4-6-12/h2-6,11H,7-10,16H2,1H3. The molecular weight excluding hydrogens is 350 g/mol. The SMILES string of the molecule is COC(=O)c1ncsc1S(=O)(=O)N(CCN)CCc1ccccc1. The van der Waals surface area contributed by atoms with E-state index in [0.717, 1.165) is 16.9 Å². The lowest BCUT2D eigenvalue weighted by molar-refractivity contribution is 0.0590. The third-order valence-electron chi connectivity index (χ3n) is 3.36. The summed E-state index contributed by atoms with van der Waals surface area (Å²) in [4.78, 5) is 15.5. The molecule has 0 saturated carbocycles. The monoisotopic (exact) mass is 369 g/mol. The van der Waals surface area contributed by atoms with Gasteiger partial charge in [0.2, 0.25) is 0 Å². The zero-order valence-electron chi connectivity index (χ0n) is 13.2. The molecule has 9 heteroatoms. The van der Waals surface area contributed by atoms with Crippen molar-refractivity contribution in [1.82, 2.24) is 9.29 Å². The largest absolute Gasteiger partial charge is 0.464 e. The van der Waals surface area contributed by atoms with E-state index in [1.165, 1.54) is 16.9 Å². The average Bonchev–Trinajstić information content (AvgIpc) is 3.09. The maximum Gasteiger partial charge on any atom is 0.358 e. The molecule has 130 valence electrons. The van der Waals surface area contributed by atoms with Gasteiger partial charge in [0.05, 0.1) is 12.6 Å². The zero-order chi connectivity index (χ0) is 17.6. The number of rotatable bonds is 8. The molecule has 0 aliphatic carbocycles. The molecule has 1 aromatic carbocycles. The molecule has 0 saturated heterocycles. The number of carbonyl (C=O) groups is 1. The van der Waals surface area contributed by atoms with Gasteiger partial charge in [-0.1, -0.05) is 30.3 Å². The minimum absolute atomic E-state index is 0.115. The van der Waals surface area contributed by atoms with Crippen molar-refractivity contribution in [2.45, 2.75) is 10.6 Å². The molecule has 0 bridgehead atoms. The van der Waals surface area contributed by atoms with Crippen LogP contribution in [-0.2, 0) is 21.2 Å². The summed E-state index contributed by atoms with van der Waals surface area (Å²) in [6, 6.07) is 9.56. The van der Waals surface area contributed by atoms with Gasteiger partial charge >= 0.3 is 5.97 Å². The fraction of sp³-hybridized carbons (Fsp3) is 0.333. The lowest BCUT2D eigenvalue weighted by Gasteiger charge is -2.21. The van der Waals surface area contributed by atoms with E-state index >= 15 is 0 Å². The van der Waals surface area contributed by atoms with Crippen LogP contribution in [-0.4, -0.2) is 50.4 Å². The van der Waals surface area contributed by atoms with Gasteiger partial charge in [-0.05, 0) is 12.0 Å². The first-order valence-electron chi connectivity index (χ1n) is 7.26. The Kier molecular flexibility index (Phi) is 6.44. The molecule has 2 N–H and O–H groups in total. The van der Waals surface area contributed by atoms with Gasteiger partial charge in [-0.3, -0.25) is 0 Å². The van der Waals surface area contributed by atoms with Crippen molar-refractivity contribution >= 4 is 27.3 Å². The van der Waals surface area contributed by atoms with E-state index in [4.69, 9.17) is 5.73 Å². The molecule has 0 aliphatic rings. The van der Waals surface area contributed by atoms with Crippen molar-refractivity contribution in [3.05, 3.63) is 47.1 Å². The quantitative estimate of drug-likeness (QED) is 0.700. The summed E-state index contributed by atoms with van der Waals surface area (Å²) in [5.74, 6) is -0.773. The Bertz CT molecular complexity index is 775. The average molecular weight is 369 g/mol. The molecule has 0 amide bonds. The second-order valence-electron chi connectivity index (χ2n) is 4.91. The third kappa shape index (κ3) is 4.18. The molecule has 24 heavy (non-hydrogen) atoms. The minimum atomic E-state index is -3.87. The summed E-state index contributed by atoms with van der Waals surface area (Å²) in [6.07, 6.45) is 0.548. The highest BCUT2D eigenvalue weighted by atomic mass is 32.2. The summed E-state index contributed by atoms with van der Waals surface area (Å²) in [6.45, 7) is 0.607. The number of carbonyl (C=O) groups excluding carboxylic acids is 1. The Labute approximate surface area is 145 Å². The fourth-order valence-corrected chi connectivity index (χ4v) is 4.89. The highest BCUT2D eigenvalue weighted by Gasteiger charge is 2.31. The summed E-state index contributed by atoms with van der Waals surface area (Å²) in [5.41, 5.74) is 7.71. The minimum Gasteiger partial charge on any atom is -0.464 e. The van der Waals surface area contributed by atoms with Gasteiger partial charge in [0.1, 0.15) is 0 Å². The van der Waals surface area contributed by atoms with Gasteiger partial charge in [0.15, 0.2) is 9.90 Å². The van der Waals surface area contributed by atoms with Gasteiger partial charge in [0.25, 0.3) is 10.0 Å². The van der Waals surface area contributed by atoms with E-state index in [1.54, 1.807) is 0 Å². The van der Waals surface area contributed by atoms with Crippen molar-refractivity contribution < 1.29 is 17.9 Å². The molecule has 0 radical (unpaired) electrons. The number of aromatic nitrogens is 1. The Morgan fingerprint density at radius 2 is 2.00 bits per heavy atom. The van der Waals surface area contributed by atoms with Crippen LogP contribution < -0.4 is 5.73 Å². The predicted molar refractivity (Wildman–Crippen MR) is 91.4 cm³/mol. The molecule has 2 aromatic rings. The highest BCUT2D eigenvalue weighted by Crippen LogP contribution is 2.25. The normalized spacial score (nSPS) is 11.6. The van der Waals surface area contributed by atoms with E-state index < -0.39 is 16.0 Å². The molecule has 1 aromatic heterocycles. The Morgan fingerprint density at radius 3 is 2.62 bits per heavy atom. The van der Waals surface area contributed by atoms with Gasteiger partial charge < -0.3 is 10.5 Å². The first kappa shape index (κ1) is 18.5. The van der Waals surface area contributed by atoms with E-state index in [9.17, 15) is 13.2 Å². The number of thiazole rings is 1.